The van der Waals surface area contributed by atoms with Crippen LogP contribution >= 0.6 is 0 Å². The Kier molecular flexibility index (Phi) is 5.54. The first-order valence-corrected chi connectivity index (χ1v) is 9.91. The second kappa shape index (κ2) is 8.29. The van der Waals surface area contributed by atoms with E-state index < -0.39 is 11.2 Å². The fourth-order valence-electron chi connectivity index (χ4n) is 3.72. The van der Waals surface area contributed by atoms with E-state index in [1.54, 1.807) is 13.3 Å². The number of methoxy groups -OCH3 is 1. The van der Waals surface area contributed by atoms with Gasteiger partial charge in [0.15, 0.2) is 5.75 Å². The average Bonchev–Trinajstić information content (AvgIpc) is 3.51. The Morgan fingerprint density at radius 1 is 1.16 bits per heavy atom. The molecule has 0 saturated heterocycles. The largest absolute Gasteiger partial charge is 0.497 e. The molecule has 1 amide bonds. The average molecular weight is 422 g/mol. The van der Waals surface area contributed by atoms with Crippen molar-refractivity contribution < 1.29 is 18.7 Å². The fourth-order valence-corrected chi connectivity index (χ4v) is 3.72. The molecule has 1 fully saturated rings. The van der Waals surface area contributed by atoms with Crippen LogP contribution in [0.2, 0.25) is 0 Å². The predicted molar refractivity (Wildman–Crippen MR) is 113 cm³/mol. The zero-order valence-electron chi connectivity index (χ0n) is 17.6. The minimum Gasteiger partial charge on any atom is -0.497 e. The van der Waals surface area contributed by atoms with E-state index in [0.717, 1.165) is 23.2 Å². The van der Waals surface area contributed by atoms with Crippen LogP contribution in [0.5, 0.6) is 11.5 Å². The van der Waals surface area contributed by atoms with Crippen molar-refractivity contribution in [2.24, 2.45) is 5.92 Å². The van der Waals surface area contributed by atoms with Crippen molar-refractivity contribution in [3.63, 3.8) is 0 Å². The summed E-state index contributed by atoms with van der Waals surface area (Å²) in [5.74, 6) is 1.34. The van der Waals surface area contributed by atoms with Gasteiger partial charge in [-0.1, -0.05) is 12.1 Å². The summed E-state index contributed by atoms with van der Waals surface area (Å²) in [5.41, 5.74) is 1.22. The molecular formula is C23H23FN4O3. The number of hydrogen-bond acceptors (Lipinski definition) is 6. The Balaban J connectivity index is 1.56. The van der Waals surface area contributed by atoms with Crippen molar-refractivity contribution in [2.75, 3.05) is 19.0 Å². The summed E-state index contributed by atoms with van der Waals surface area (Å²) in [6, 6.07) is 10.3. The molecule has 0 aliphatic heterocycles. The Morgan fingerprint density at radius 3 is 2.58 bits per heavy atom. The third kappa shape index (κ3) is 4.33. The third-order valence-corrected chi connectivity index (χ3v) is 5.58. The van der Waals surface area contributed by atoms with Gasteiger partial charge in [-0.3, -0.25) is 4.79 Å². The van der Waals surface area contributed by atoms with Crippen LogP contribution in [0.1, 0.15) is 23.5 Å². The monoisotopic (exact) mass is 422 g/mol. The number of carbonyl (C=O) groups is 1. The van der Waals surface area contributed by atoms with E-state index in [1.165, 1.54) is 12.1 Å². The number of hydrogen-bond donors (Lipinski definition) is 1. The summed E-state index contributed by atoms with van der Waals surface area (Å²) >= 11 is 0. The van der Waals surface area contributed by atoms with Crippen LogP contribution in [-0.2, 0) is 10.2 Å². The number of amides is 1. The van der Waals surface area contributed by atoms with Crippen LogP contribution < -0.4 is 14.8 Å². The first-order chi connectivity index (χ1) is 14.9. The van der Waals surface area contributed by atoms with Crippen molar-refractivity contribution in [3.05, 3.63) is 71.7 Å². The number of rotatable bonds is 7. The molecule has 3 aromatic rings. The van der Waals surface area contributed by atoms with E-state index in [9.17, 15) is 9.18 Å². The van der Waals surface area contributed by atoms with E-state index in [2.05, 4.69) is 20.3 Å². The zero-order valence-corrected chi connectivity index (χ0v) is 17.6. The molecule has 0 bridgehead atoms. The van der Waals surface area contributed by atoms with Crippen molar-refractivity contribution >= 4 is 11.7 Å². The Bertz CT molecular complexity index is 1090. The highest BCUT2D eigenvalue weighted by atomic mass is 19.1. The van der Waals surface area contributed by atoms with Gasteiger partial charge >= 0.3 is 0 Å². The molecule has 7 nitrogen and oxygen atoms in total. The molecule has 2 heterocycles. The molecular weight excluding hydrogens is 399 g/mol. The molecule has 2 aromatic heterocycles. The first-order valence-electron chi connectivity index (χ1n) is 9.91. The normalized spacial score (nSPS) is 19.5. The molecule has 1 saturated carbocycles. The van der Waals surface area contributed by atoms with Gasteiger partial charge in [0.05, 0.1) is 37.7 Å². The van der Waals surface area contributed by atoms with E-state index in [-0.39, 0.29) is 11.8 Å². The molecule has 2 atom stereocenters. The van der Waals surface area contributed by atoms with Crippen LogP contribution in [0.25, 0.3) is 0 Å². The van der Waals surface area contributed by atoms with Gasteiger partial charge in [0.25, 0.3) is 0 Å². The molecule has 2 unspecified atom stereocenters. The van der Waals surface area contributed by atoms with Crippen molar-refractivity contribution in [1.29, 1.82) is 0 Å². The maximum Gasteiger partial charge on any atom is 0.229 e. The second-order valence-electron chi connectivity index (χ2n) is 7.65. The molecule has 0 radical (unpaired) electrons. The Morgan fingerprint density at radius 2 is 1.94 bits per heavy atom. The number of aryl methyl sites for hydroxylation is 2. The summed E-state index contributed by atoms with van der Waals surface area (Å²) in [4.78, 5) is 25.4. The van der Waals surface area contributed by atoms with Gasteiger partial charge in [-0.2, -0.15) is 0 Å². The van der Waals surface area contributed by atoms with Gasteiger partial charge in [-0.05, 0) is 50.1 Å². The van der Waals surface area contributed by atoms with Gasteiger partial charge < -0.3 is 14.8 Å². The topological polar surface area (TPSA) is 86.2 Å². The Hall–Kier alpha value is -3.55. The van der Waals surface area contributed by atoms with Crippen molar-refractivity contribution in [3.8, 4) is 11.5 Å². The van der Waals surface area contributed by atoms with Crippen molar-refractivity contribution in [1.82, 2.24) is 15.0 Å². The number of anilines is 1. The molecule has 8 heteroatoms. The van der Waals surface area contributed by atoms with Crippen LogP contribution in [0.3, 0.4) is 0 Å². The lowest BCUT2D eigenvalue weighted by Gasteiger charge is -2.20. The van der Waals surface area contributed by atoms with E-state index >= 15 is 0 Å². The first kappa shape index (κ1) is 20.7. The highest BCUT2D eigenvalue weighted by Crippen LogP contribution is 2.55. The van der Waals surface area contributed by atoms with Crippen LogP contribution in [0.4, 0.5) is 10.2 Å². The van der Waals surface area contributed by atoms with Gasteiger partial charge in [-0.15, -0.1) is 0 Å². The fraction of sp³-hybridized carbons (Fsp3) is 0.304. The minimum absolute atomic E-state index is 0.185. The molecule has 31 heavy (non-hydrogen) atoms. The van der Waals surface area contributed by atoms with Crippen molar-refractivity contribution in [2.45, 2.75) is 25.7 Å². The highest BCUT2D eigenvalue weighted by Gasteiger charge is 2.60. The molecule has 1 aliphatic rings. The minimum atomic E-state index is -0.506. The highest BCUT2D eigenvalue weighted by molar-refractivity contribution is 5.95. The van der Waals surface area contributed by atoms with Gasteiger partial charge in [0, 0.05) is 5.41 Å². The van der Waals surface area contributed by atoms with Gasteiger partial charge in [0.2, 0.25) is 5.91 Å². The number of ether oxygens (including phenoxy) is 2. The van der Waals surface area contributed by atoms with Crippen LogP contribution in [0, 0.1) is 25.6 Å². The summed E-state index contributed by atoms with van der Waals surface area (Å²) in [6.07, 6.45) is 3.33. The smallest absolute Gasteiger partial charge is 0.229 e. The Labute approximate surface area is 179 Å². The number of aromatic nitrogens is 3. The molecule has 4 rings (SSSR count). The van der Waals surface area contributed by atoms with E-state index in [4.69, 9.17) is 9.47 Å². The molecule has 160 valence electrons. The van der Waals surface area contributed by atoms with Gasteiger partial charge in [0.1, 0.15) is 23.2 Å². The number of benzene rings is 1. The summed E-state index contributed by atoms with van der Waals surface area (Å²) in [7, 11) is 1.61. The SMILES string of the molecule is COc1ccc(C2(COc3cnc(C)nc3C)CC2C(=O)Nc2ccc(F)cn2)cc1. The molecule has 1 aromatic carbocycles. The lowest BCUT2D eigenvalue weighted by molar-refractivity contribution is -0.117. The number of carbonyl (C=O) groups excluding carboxylic acids is 1. The lowest BCUT2D eigenvalue weighted by atomic mass is 9.93. The molecule has 1 N–H and O–H groups in total. The van der Waals surface area contributed by atoms with Crippen LogP contribution in [-0.4, -0.2) is 34.6 Å². The molecule has 0 spiro atoms. The number of nitrogens with zero attached hydrogens (tertiary/aromatic N) is 3. The summed E-state index contributed by atoms with van der Waals surface area (Å²) in [5, 5.41) is 2.77. The maximum atomic E-state index is 13.1. The molecule has 1 aliphatic carbocycles. The standard InChI is InChI=1S/C23H23FN4O3/c1-14-20(12-25-15(2)27-14)31-13-23(16-4-7-18(30-3)8-5-16)10-19(23)22(29)28-21-9-6-17(24)11-26-21/h4-9,11-12,19H,10,13H2,1-3H3,(H,26,28,29). The number of pyridine rings is 1. The zero-order chi connectivity index (χ0) is 22.0. The maximum absolute atomic E-state index is 13.1. The quantitative estimate of drug-likeness (QED) is 0.626. The lowest BCUT2D eigenvalue weighted by Crippen LogP contribution is -2.27. The number of nitrogens with one attached hydrogen (secondary N) is 1. The van der Waals surface area contributed by atoms with Gasteiger partial charge in [-0.25, -0.2) is 19.3 Å². The number of halogens is 1. The second-order valence-corrected chi connectivity index (χ2v) is 7.65. The third-order valence-electron chi connectivity index (χ3n) is 5.58. The van der Waals surface area contributed by atoms with E-state index in [1.807, 2.05) is 38.1 Å². The van der Waals surface area contributed by atoms with Crippen LogP contribution in [0.15, 0.2) is 48.8 Å². The summed E-state index contributed by atoms with van der Waals surface area (Å²) < 4.78 is 24.4. The summed E-state index contributed by atoms with van der Waals surface area (Å²) in [6.45, 7) is 3.98. The van der Waals surface area contributed by atoms with E-state index in [0.29, 0.717) is 30.4 Å². The predicted octanol–water partition coefficient (Wildman–Crippen LogP) is 3.61.